The standard InChI is InChI=1S/C22H33N10O3P/c33-20(7-17-10-23-13-28-17)26-1-3-31(4-2-27-21(34)8-18-11-24-14-29-18)5-6-32(16-36)22(35)9-19-12-25-15-30-19/h10-15H,1-9,16,36H2,(H,23,28)(H,24,29)(H,25,30)(H,26,33)(H,27,34). The number of carbonyl (C=O) groups is 3. The second-order valence-electron chi connectivity index (χ2n) is 8.14. The highest BCUT2D eigenvalue weighted by atomic mass is 31.0. The molecule has 13 nitrogen and oxygen atoms in total. The van der Waals surface area contributed by atoms with Crippen LogP contribution in [-0.4, -0.2) is 103 Å². The summed E-state index contributed by atoms with van der Waals surface area (Å²) in [6.45, 7) is 3.14. The number of nitrogens with one attached hydrogen (secondary N) is 5. The van der Waals surface area contributed by atoms with Gasteiger partial charge in [0.05, 0.1) is 38.2 Å². The molecule has 0 saturated carbocycles. The van der Waals surface area contributed by atoms with Gasteiger partial charge in [0.1, 0.15) is 0 Å². The molecule has 0 aliphatic heterocycles. The molecule has 5 N–H and O–H groups in total. The summed E-state index contributed by atoms with van der Waals surface area (Å²) in [5, 5.41) is 5.82. The van der Waals surface area contributed by atoms with E-state index in [9.17, 15) is 14.4 Å². The average molecular weight is 517 g/mol. The lowest BCUT2D eigenvalue weighted by atomic mass is 10.3. The van der Waals surface area contributed by atoms with Gasteiger partial charge in [-0.1, -0.05) is 0 Å². The Balaban J connectivity index is 1.46. The normalized spacial score (nSPS) is 10.9. The fourth-order valence-corrected chi connectivity index (χ4v) is 3.90. The van der Waals surface area contributed by atoms with Gasteiger partial charge in [0.2, 0.25) is 17.7 Å². The fourth-order valence-electron chi connectivity index (χ4n) is 3.51. The maximum atomic E-state index is 12.7. The van der Waals surface area contributed by atoms with Gasteiger partial charge in [-0.15, -0.1) is 9.24 Å². The minimum absolute atomic E-state index is 0.00470. The second-order valence-corrected chi connectivity index (χ2v) is 8.51. The van der Waals surface area contributed by atoms with Crippen molar-refractivity contribution in [2.45, 2.75) is 19.3 Å². The van der Waals surface area contributed by atoms with Crippen molar-refractivity contribution in [2.75, 3.05) is 45.6 Å². The lowest BCUT2D eigenvalue weighted by Crippen LogP contribution is -2.44. The first-order valence-corrected chi connectivity index (χ1v) is 12.5. The largest absolute Gasteiger partial charge is 0.354 e. The zero-order valence-electron chi connectivity index (χ0n) is 20.1. The van der Waals surface area contributed by atoms with Crippen molar-refractivity contribution in [1.82, 2.24) is 50.3 Å². The summed E-state index contributed by atoms with van der Waals surface area (Å²) in [6.07, 6.45) is 10.7. The first kappa shape index (κ1) is 27.0. The molecular formula is C22H33N10O3P. The molecule has 1 unspecified atom stereocenters. The van der Waals surface area contributed by atoms with Crippen LogP contribution in [-0.2, 0) is 33.6 Å². The monoisotopic (exact) mass is 516 g/mol. The molecule has 1 atom stereocenters. The van der Waals surface area contributed by atoms with E-state index in [1.165, 1.54) is 12.7 Å². The van der Waals surface area contributed by atoms with Gasteiger partial charge in [-0.25, -0.2) is 15.0 Å². The lowest BCUT2D eigenvalue weighted by molar-refractivity contribution is -0.129. The Morgan fingerprint density at radius 2 is 1.19 bits per heavy atom. The van der Waals surface area contributed by atoms with E-state index < -0.39 is 0 Å². The molecule has 14 heteroatoms. The summed E-state index contributed by atoms with van der Waals surface area (Å²) >= 11 is 0. The van der Waals surface area contributed by atoms with Gasteiger partial charge in [0.15, 0.2) is 0 Å². The molecule has 0 bridgehead atoms. The first-order valence-electron chi connectivity index (χ1n) is 11.7. The first-order chi connectivity index (χ1) is 17.5. The number of hydrogen-bond donors (Lipinski definition) is 5. The molecule has 0 saturated heterocycles. The molecule has 3 heterocycles. The third-order valence-electron chi connectivity index (χ3n) is 5.47. The topological polar surface area (TPSA) is 168 Å². The number of carbonyl (C=O) groups excluding carboxylic acids is 3. The number of aromatic amines is 3. The van der Waals surface area contributed by atoms with Crippen LogP contribution in [0.25, 0.3) is 0 Å². The number of rotatable bonds is 16. The third-order valence-corrected chi connectivity index (χ3v) is 5.91. The molecule has 3 amide bonds. The lowest BCUT2D eigenvalue weighted by Gasteiger charge is -2.27. The Bertz CT molecular complexity index is 986. The van der Waals surface area contributed by atoms with E-state index in [4.69, 9.17) is 0 Å². The average Bonchev–Trinajstić information content (AvgIpc) is 3.64. The smallest absolute Gasteiger partial charge is 0.228 e. The number of aromatic nitrogens is 6. The molecular weight excluding hydrogens is 483 g/mol. The van der Waals surface area contributed by atoms with Crippen LogP contribution in [0.2, 0.25) is 0 Å². The molecule has 0 radical (unpaired) electrons. The Morgan fingerprint density at radius 1 is 0.722 bits per heavy atom. The van der Waals surface area contributed by atoms with Crippen LogP contribution in [0.15, 0.2) is 37.6 Å². The zero-order chi connectivity index (χ0) is 25.6. The predicted molar refractivity (Wildman–Crippen MR) is 136 cm³/mol. The molecule has 0 aliphatic carbocycles. The third kappa shape index (κ3) is 9.59. The molecule has 0 aliphatic rings. The van der Waals surface area contributed by atoms with E-state index in [2.05, 4.69) is 54.7 Å². The van der Waals surface area contributed by atoms with Gasteiger partial charge in [-0.3, -0.25) is 19.3 Å². The summed E-state index contributed by atoms with van der Waals surface area (Å²) in [4.78, 5) is 61.5. The quantitative estimate of drug-likeness (QED) is 0.153. The van der Waals surface area contributed by atoms with Crippen molar-refractivity contribution < 1.29 is 14.4 Å². The van der Waals surface area contributed by atoms with Crippen LogP contribution < -0.4 is 10.6 Å². The Hall–Kier alpha value is -3.57. The second kappa shape index (κ2) is 14.7. The number of H-pyrrole nitrogens is 3. The number of hydrogen-bond acceptors (Lipinski definition) is 7. The molecule has 3 rings (SSSR count). The minimum atomic E-state index is -0.103. The highest BCUT2D eigenvalue weighted by molar-refractivity contribution is 7.16. The Kier molecular flexibility index (Phi) is 11.1. The Morgan fingerprint density at radius 3 is 1.61 bits per heavy atom. The molecule has 3 aromatic rings. The molecule has 0 spiro atoms. The SMILES string of the molecule is O=C(Cc1cnc[nH]1)NCCN(CCNC(=O)Cc1cnc[nH]1)CCN(CP)C(=O)Cc1cnc[nH]1. The van der Waals surface area contributed by atoms with E-state index in [1.54, 1.807) is 29.8 Å². The Labute approximate surface area is 211 Å². The zero-order valence-corrected chi connectivity index (χ0v) is 21.2. The van der Waals surface area contributed by atoms with Crippen molar-refractivity contribution in [2.24, 2.45) is 0 Å². The van der Waals surface area contributed by atoms with E-state index in [0.29, 0.717) is 45.6 Å². The highest BCUT2D eigenvalue weighted by Gasteiger charge is 2.16. The van der Waals surface area contributed by atoms with Crippen LogP contribution in [0.4, 0.5) is 0 Å². The van der Waals surface area contributed by atoms with E-state index in [-0.39, 0.29) is 37.0 Å². The number of amides is 3. The molecule has 0 fully saturated rings. The van der Waals surface area contributed by atoms with Crippen molar-refractivity contribution in [3.05, 3.63) is 54.7 Å². The van der Waals surface area contributed by atoms with Gasteiger partial charge in [-0.2, -0.15) is 0 Å². The van der Waals surface area contributed by atoms with Gasteiger partial charge >= 0.3 is 0 Å². The predicted octanol–water partition coefficient (Wildman–Crippen LogP) is -0.921. The maximum Gasteiger partial charge on any atom is 0.228 e. The highest BCUT2D eigenvalue weighted by Crippen LogP contribution is 2.03. The van der Waals surface area contributed by atoms with Crippen molar-refractivity contribution >= 4 is 27.0 Å². The summed E-state index contributed by atoms with van der Waals surface area (Å²) < 4.78 is 0. The molecule has 3 aromatic heterocycles. The van der Waals surface area contributed by atoms with E-state index >= 15 is 0 Å². The van der Waals surface area contributed by atoms with Crippen LogP contribution in [0.3, 0.4) is 0 Å². The van der Waals surface area contributed by atoms with Crippen LogP contribution in [0, 0.1) is 0 Å². The van der Waals surface area contributed by atoms with Gasteiger partial charge in [-0.05, 0) is 0 Å². The van der Waals surface area contributed by atoms with Gasteiger partial charge in [0, 0.05) is 81.2 Å². The summed E-state index contributed by atoms with van der Waals surface area (Å²) in [5.41, 5.74) is 2.26. The van der Waals surface area contributed by atoms with Crippen molar-refractivity contribution in [3.63, 3.8) is 0 Å². The summed E-state index contributed by atoms with van der Waals surface area (Å²) in [6, 6.07) is 0. The van der Waals surface area contributed by atoms with Crippen molar-refractivity contribution in [1.29, 1.82) is 0 Å². The van der Waals surface area contributed by atoms with Crippen LogP contribution >= 0.6 is 9.24 Å². The molecule has 0 aromatic carbocycles. The van der Waals surface area contributed by atoms with Crippen molar-refractivity contribution in [3.8, 4) is 0 Å². The summed E-state index contributed by atoms with van der Waals surface area (Å²) in [5.74, 6) is -0.211. The number of nitrogens with zero attached hydrogens (tertiary/aromatic N) is 5. The van der Waals surface area contributed by atoms with Crippen LogP contribution in [0.1, 0.15) is 17.1 Å². The van der Waals surface area contributed by atoms with Crippen LogP contribution in [0.5, 0.6) is 0 Å². The summed E-state index contributed by atoms with van der Waals surface area (Å²) in [7, 11) is 2.59. The molecule has 194 valence electrons. The van der Waals surface area contributed by atoms with Gasteiger partial charge < -0.3 is 30.5 Å². The maximum absolute atomic E-state index is 12.7. The minimum Gasteiger partial charge on any atom is -0.354 e. The number of imidazole rings is 3. The van der Waals surface area contributed by atoms with E-state index in [0.717, 1.165) is 17.1 Å². The molecule has 36 heavy (non-hydrogen) atoms. The van der Waals surface area contributed by atoms with Gasteiger partial charge in [0.25, 0.3) is 0 Å². The fraction of sp³-hybridized carbons (Fsp3) is 0.455. The van der Waals surface area contributed by atoms with E-state index in [1.807, 2.05) is 0 Å².